The number of rotatable bonds is 8. The number of carbonyl (C=O) groups is 1. The molecule has 0 saturated carbocycles. The number of methoxy groups -OCH3 is 1. The summed E-state index contributed by atoms with van der Waals surface area (Å²) in [6, 6.07) is 22.5. The Bertz CT molecular complexity index is 1300. The lowest BCUT2D eigenvalue weighted by Gasteiger charge is -2.08. The predicted octanol–water partition coefficient (Wildman–Crippen LogP) is 8.26. The highest BCUT2D eigenvalue weighted by Crippen LogP contribution is 2.42. The highest BCUT2D eigenvalue weighted by molar-refractivity contribution is 7.98. The lowest BCUT2D eigenvalue weighted by Crippen LogP contribution is -1.95. The van der Waals surface area contributed by atoms with Crippen molar-refractivity contribution >= 4 is 29.1 Å². The van der Waals surface area contributed by atoms with Crippen LogP contribution in [-0.4, -0.2) is 18.2 Å². The number of thiophene rings is 1. The van der Waals surface area contributed by atoms with Gasteiger partial charge in [-0.2, -0.15) is 0 Å². The standard InChI is InChI=1S/C29H28O3S2/c1-5-20-15-23(10-11-26(20)32-4)27-16-24(17-33-25-13-18(2)12-19(3)14-25)28(34-27)21-6-8-22(9-7-21)29(30)31/h6-16H,5,17H2,1-4H3,(H,30,31). The third kappa shape index (κ3) is 5.37. The molecule has 0 aliphatic heterocycles. The van der Waals surface area contributed by atoms with Crippen LogP contribution in [0.1, 0.15) is 39.5 Å². The first-order valence-electron chi connectivity index (χ1n) is 11.2. The Kier molecular flexibility index (Phi) is 7.44. The van der Waals surface area contributed by atoms with Crippen molar-refractivity contribution in [3.63, 3.8) is 0 Å². The van der Waals surface area contributed by atoms with E-state index in [4.69, 9.17) is 4.74 Å². The first-order chi connectivity index (χ1) is 16.4. The van der Waals surface area contributed by atoms with Crippen LogP contribution in [0.15, 0.2) is 71.6 Å². The largest absolute Gasteiger partial charge is 0.496 e. The molecule has 0 radical (unpaired) electrons. The van der Waals surface area contributed by atoms with E-state index in [0.717, 1.165) is 23.5 Å². The summed E-state index contributed by atoms with van der Waals surface area (Å²) in [6.07, 6.45) is 0.904. The normalized spacial score (nSPS) is 10.9. The van der Waals surface area contributed by atoms with Gasteiger partial charge in [0.2, 0.25) is 0 Å². The fraction of sp³-hybridized carbons (Fsp3) is 0.207. The molecule has 4 rings (SSSR count). The second kappa shape index (κ2) is 10.5. The SMILES string of the molecule is CCc1cc(-c2cc(CSc3cc(C)cc(C)c3)c(-c3ccc(C(=O)O)cc3)s2)ccc1OC. The third-order valence-corrected chi connectivity index (χ3v) is 8.04. The van der Waals surface area contributed by atoms with E-state index in [-0.39, 0.29) is 0 Å². The number of ether oxygens (including phenoxy) is 1. The Labute approximate surface area is 209 Å². The molecular formula is C29H28O3S2. The van der Waals surface area contributed by atoms with Gasteiger partial charge in [0.15, 0.2) is 0 Å². The Morgan fingerprint density at radius 2 is 1.59 bits per heavy atom. The van der Waals surface area contributed by atoms with Crippen LogP contribution in [0.5, 0.6) is 5.75 Å². The summed E-state index contributed by atoms with van der Waals surface area (Å²) in [6.45, 7) is 6.39. The zero-order valence-corrected chi connectivity index (χ0v) is 21.5. The fourth-order valence-electron chi connectivity index (χ4n) is 4.07. The minimum absolute atomic E-state index is 0.300. The summed E-state index contributed by atoms with van der Waals surface area (Å²) in [7, 11) is 1.71. The number of aromatic carboxylic acids is 1. The van der Waals surface area contributed by atoms with Crippen LogP contribution in [0.3, 0.4) is 0 Å². The van der Waals surface area contributed by atoms with Gasteiger partial charge in [0.05, 0.1) is 12.7 Å². The Morgan fingerprint density at radius 3 is 2.21 bits per heavy atom. The van der Waals surface area contributed by atoms with Gasteiger partial charge in [-0.25, -0.2) is 4.79 Å². The highest BCUT2D eigenvalue weighted by atomic mass is 32.2. The summed E-state index contributed by atoms with van der Waals surface area (Å²) in [5.41, 5.74) is 7.49. The van der Waals surface area contributed by atoms with Crippen LogP contribution in [0.2, 0.25) is 0 Å². The van der Waals surface area contributed by atoms with Crippen molar-refractivity contribution in [2.45, 2.75) is 37.8 Å². The van der Waals surface area contributed by atoms with Crippen molar-refractivity contribution < 1.29 is 14.6 Å². The Hall–Kier alpha value is -3.02. The summed E-state index contributed by atoms with van der Waals surface area (Å²) in [4.78, 5) is 15.0. The van der Waals surface area contributed by atoms with Crippen molar-refractivity contribution in [3.8, 4) is 26.6 Å². The molecule has 1 aromatic heterocycles. The van der Waals surface area contributed by atoms with E-state index in [1.807, 2.05) is 30.0 Å². The van der Waals surface area contributed by atoms with Crippen LogP contribution in [0.25, 0.3) is 20.9 Å². The quantitative estimate of drug-likeness (QED) is 0.254. The number of benzene rings is 3. The topological polar surface area (TPSA) is 46.5 Å². The molecule has 1 N–H and O–H groups in total. The van der Waals surface area contributed by atoms with Crippen LogP contribution in [0.4, 0.5) is 0 Å². The molecule has 0 spiro atoms. The molecule has 1 heterocycles. The monoisotopic (exact) mass is 488 g/mol. The maximum absolute atomic E-state index is 11.3. The number of thioether (sulfide) groups is 1. The highest BCUT2D eigenvalue weighted by Gasteiger charge is 2.15. The molecular weight excluding hydrogens is 460 g/mol. The molecule has 0 saturated heterocycles. The molecule has 0 aliphatic rings. The molecule has 0 bridgehead atoms. The van der Waals surface area contributed by atoms with Crippen LogP contribution in [-0.2, 0) is 12.2 Å². The predicted molar refractivity (Wildman–Crippen MR) is 144 cm³/mol. The first kappa shape index (κ1) is 24.1. The van der Waals surface area contributed by atoms with Gasteiger partial charge in [-0.15, -0.1) is 23.1 Å². The average molecular weight is 489 g/mol. The minimum atomic E-state index is -0.908. The molecule has 174 valence electrons. The second-order valence-corrected chi connectivity index (χ2v) is 10.4. The molecule has 5 heteroatoms. The minimum Gasteiger partial charge on any atom is -0.496 e. The van der Waals surface area contributed by atoms with E-state index in [0.29, 0.717) is 5.56 Å². The smallest absolute Gasteiger partial charge is 0.335 e. The van der Waals surface area contributed by atoms with Crippen molar-refractivity contribution in [1.82, 2.24) is 0 Å². The van der Waals surface area contributed by atoms with E-state index < -0.39 is 5.97 Å². The lowest BCUT2D eigenvalue weighted by atomic mass is 10.0. The van der Waals surface area contributed by atoms with Gasteiger partial charge in [-0.3, -0.25) is 0 Å². The summed E-state index contributed by atoms with van der Waals surface area (Å²) in [5, 5.41) is 9.29. The molecule has 3 nitrogen and oxygen atoms in total. The number of carboxylic acids is 1. The van der Waals surface area contributed by atoms with Gasteiger partial charge in [0.25, 0.3) is 0 Å². The first-order valence-corrected chi connectivity index (χ1v) is 13.0. The molecule has 0 aliphatic carbocycles. The number of carboxylic acid groups (broad SMARTS) is 1. The van der Waals surface area contributed by atoms with Crippen LogP contribution >= 0.6 is 23.1 Å². The lowest BCUT2D eigenvalue weighted by molar-refractivity contribution is 0.0697. The van der Waals surface area contributed by atoms with Crippen LogP contribution < -0.4 is 4.74 Å². The maximum atomic E-state index is 11.3. The Balaban J connectivity index is 1.73. The zero-order valence-electron chi connectivity index (χ0n) is 19.8. The van der Waals surface area contributed by atoms with Gasteiger partial charge in [-0.1, -0.05) is 25.1 Å². The maximum Gasteiger partial charge on any atom is 0.335 e. The van der Waals surface area contributed by atoms with E-state index in [1.54, 1.807) is 30.6 Å². The summed E-state index contributed by atoms with van der Waals surface area (Å²) in [5.74, 6) is 0.846. The number of hydrogen-bond donors (Lipinski definition) is 1. The molecule has 0 unspecified atom stereocenters. The summed E-state index contributed by atoms with van der Waals surface area (Å²) >= 11 is 3.59. The third-order valence-electron chi connectivity index (χ3n) is 5.74. The van der Waals surface area contributed by atoms with Gasteiger partial charge in [0.1, 0.15) is 5.75 Å². The van der Waals surface area contributed by atoms with Crippen LogP contribution in [0, 0.1) is 13.8 Å². The van der Waals surface area contributed by atoms with E-state index in [9.17, 15) is 9.90 Å². The molecule has 34 heavy (non-hydrogen) atoms. The molecule has 4 aromatic rings. The number of hydrogen-bond acceptors (Lipinski definition) is 4. The Morgan fingerprint density at radius 1 is 0.912 bits per heavy atom. The van der Waals surface area contributed by atoms with Gasteiger partial charge >= 0.3 is 5.97 Å². The zero-order chi connectivity index (χ0) is 24.2. The van der Waals surface area contributed by atoms with E-state index >= 15 is 0 Å². The number of aryl methyl sites for hydroxylation is 3. The average Bonchev–Trinajstić information content (AvgIpc) is 3.26. The molecule has 0 amide bonds. The van der Waals surface area contributed by atoms with E-state index in [1.165, 1.54) is 42.5 Å². The van der Waals surface area contributed by atoms with Gasteiger partial charge < -0.3 is 9.84 Å². The molecule has 0 atom stereocenters. The van der Waals surface area contributed by atoms with Gasteiger partial charge in [0, 0.05) is 20.4 Å². The van der Waals surface area contributed by atoms with Crippen molar-refractivity contribution in [1.29, 1.82) is 0 Å². The second-order valence-electron chi connectivity index (χ2n) is 8.34. The van der Waals surface area contributed by atoms with Crippen molar-refractivity contribution in [2.75, 3.05) is 7.11 Å². The fourth-order valence-corrected chi connectivity index (χ4v) is 6.43. The van der Waals surface area contributed by atoms with Crippen molar-refractivity contribution in [3.05, 3.63) is 94.5 Å². The molecule has 3 aromatic carbocycles. The summed E-state index contributed by atoms with van der Waals surface area (Å²) < 4.78 is 5.51. The molecule has 0 fully saturated rings. The van der Waals surface area contributed by atoms with Crippen molar-refractivity contribution in [2.24, 2.45) is 0 Å². The van der Waals surface area contributed by atoms with E-state index in [2.05, 4.69) is 57.2 Å². The van der Waals surface area contributed by atoms with Gasteiger partial charge in [-0.05, 0) is 102 Å².